The van der Waals surface area contributed by atoms with E-state index >= 15 is 0 Å². The molecule has 1 atom stereocenters. The zero-order valence-electron chi connectivity index (χ0n) is 10.5. The molecule has 1 aromatic rings. The highest BCUT2D eigenvalue weighted by molar-refractivity contribution is 9.10. The third kappa shape index (κ3) is 3.05. The van der Waals surface area contributed by atoms with Gasteiger partial charge < -0.3 is 9.47 Å². The minimum absolute atomic E-state index is 0.224. The van der Waals surface area contributed by atoms with Crippen molar-refractivity contribution in [2.75, 3.05) is 14.2 Å². The van der Waals surface area contributed by atoms with Gasteiger partial charge in [-0.05, 0) is 29.8 Å². The van der Waals surface area contributed by atoms with Gasteiger partial charge in [-0.1, -0.05) is 0 Å². The lowest BCUT2D eigenvalue weighted by Crippen LogP contribution is -2.40. The van der Waals surface area contributed by atoms with Crippen molar-refractivity contribution in [3.63, 3.8) is 0 Å². The van der Waals surface area contributed by atoms with Crippen molar-refractivity contribution in [1.29, 1.82) is 0 Å². The fourth-order valence-corrected chi connectivity index (χ4v) is 2.23. The Morgan fingerprint density at radius 3 is 2.41 bits per heavy atom. The summed E-state index contributed by atoms with van der Waals surface area (Å²) >= 11 is 3.46. The monoisotopic (exact) mass is 306 g/mol. The molecule has 0 amide bonds. The first-order valence-electron chi connectivity index (χ1n) is 5.31. The van der Waals surface area contributed by atoms with Crippen LogP contribution in [0.25, 0.3) is 0 Å². The number of rotatable bonds is 6. The van der Waals surface area contributed by atoms with Crippen molar-refractivity contribution in [2.45, 2.75) is 32.2 Å². The molecular formula is C10H19BrN4O2. The predicted molar refractivity (Wildman–Crippen MR) is 68.2 cm³/mol. The van der Waals surface area contributed by atoms with Crippen LogP contribution in [0.4, 0.5) is 0 Å². The van der Waals surface area contributed by atoms with Crippen LogP contribution in [-0.4, -0.2) is 30.3 Å². The van der Waals surface area contributed by atoms with Crippen LogP contribution in [0.2, 0.25) is 0 Å². The average molecular weight is 307 g/mol. The molecule has 1 aromatic heterocycles. The second kappa shape index (κ2) is 6.46. The molecule has 7 heteroatoms. The summed E-state index contributed by atoms with van der Waals surface area (Å²) in [6.45, 7) is 4.09. The number of hydrogen-bond acceptors (Lipinski definition) is 5. The molecule has 0 saturated carbocycles. The Morgan fingerprint density at radius 1 is 1.41 bits per heavy atom. The summed E-state index contributed by atoms with van der Waals surface area (Å²) in [5.74, 6) is 5.58. The van der Waals surface area contributed by atoms with Gasteiger partial charge in [-0.3, -0.25) is 10.5 Å². The van der Waals surface area contributed by atoms with Crippen molar-refractivity contribution in [2.24, 2.45) is 5.84 Å². The van der Waals surface area contributed by atoms with Crippen molar-refractivity contribution in [3.05, 3.63) is 16.4 Å². The Balaban J connectivity index is 3.14. The summed E-state index contributed by atoms with van der Waals surface area (Å²) in [6, 6.07) is -0.0780. The second-order valence-electron chi connectivity index (χ2n) is 3.90. The quantitative estimate of drug-likeness (QED) is 0.471. The Kier molecular flexibility index (Phi) is 5.54. The van der Waals surface area contributed by atoms with Gasteiger partial charge in [-0.25, -0.2) is 5.43 Å². The topological polar surface area (TPSA) is 74.3 Å². The first kappa shape index (κ1) is 14.6. The van der Waals surface area contributed by atoms with Crippen LogP contribution in [0.3, 0.4) is 0 Å². The van der Waals surface area contributed by atoms with E-state index in [4.69, 9.17) is 15.3 Å². The van der Waals surface area contributed by atoms with Gasteiger partial charge in [0.2, 0.25) is 0 Å². The standard InChI is InChI=1S/C10H19BrN4O2/c1-6(2)15-9(7(11)5-13-15)8(14-12)10(16-3)17-4/h5-6,8,10,14H,12H2,1-4H3. The number of nitrogens with one attached hydrogen (secondary N) is 1. The first-order chi connectivity index (χ1) is 8.06. The van der Waals surface area contributed by atoms with Gasteiger partial charge in [0.15, 0.2) is 6.29 Å². The first-order valence-corrected chi connectivity index (χ1v) is 6.10. The van der Waals surface area contributed by atoms with Crippen molar-refractivity contribution < 1.29 is 9.47 Å². The van der Waals surface area contributed by atoms with E-state index in [0.29, 0.717) is 0 Å². The highest BCUT2D eigenvalue weighted by Gasteiger charge is 2.28. The number of nitrogens with zero attached hydrogens (tertiary/aromatic N) is 2. The van der Waals surface area contributed by atoms with Gasteiger partial charge in [0.1, 0.15) is 6.04 Å². The van der Waals surface area contributed by atoms with Crippen LogP contribution in [0.5, 0.6) is 0 Å². The maximum absolute atomic E-state index is 5.58. The maximum Gasteiger partial charge on any atom is 0.179 e. The molecule has 0 saturated heterocycles. The molecule has 1 heterocycles. The number of ether oxygens (including phenoxy) is 2. The largest absolute Gasteiger partial charge is 0.354 e. The summed E-state index contributed by atoms with van der Waals surface area (Å²) in [5, 5.41) is 4.30. The van der Waals surface area contributed by atoms with Gasteiger partial charge in [0, 0.05) is 20.3 Å². The molecule has 1 unspecified atom stereocenters. The van der Waals surface area contributed by atoms with Crippen LogP contribution in [0.15, 0.2) is 10.7 Å². The number of nitrogens with two attached hydrogens (primary N) is 1. The average Bonchev–Trinajstić information content (AvgIpc) is 2.68. The Morgan fingerprint density at radius 2 is 2.00 bits per heavy atom. The van der Waals surface area contributed by atoms with Gasteiger partial charge in [0.05, 0.1) is 16.4 Å². The van der Waals surface area contributed by atoms with Crippen LogP contribution in [-0.2, 0) is 9.47 Å². The molecule has 0 bridgehead atoms. The number of methoxy groups -OCH3 is 2. The zero-order chi connectivity index (χ0) is 13.0. The summed E-state index contributed by atoms with van der Waals surface area (Å²) in [5.41, 5.74) is 3.60. The van der Waals surface area contributed by atoms with Crippen molar-refractivity contribution in [3.8, 4) is 0 Å². The fourth-order valence-electron chi connectivity index (χ4n) is 1.71. The lowest BCUT2D eigenvalue weighted by molar-refractivity contribution is -0.125. The number of hydrogen-bond donors (Lipinski definition) is 2. The molecule has 0 radical (unpaired) electrons. The highest BCUT2D eigenvalue weighted by atomic mass is 79.9. The van der Waals surface area contributed by atoms with Crippen LogP contribution in [0, 0.1) is 0 Å². The molecule has 0 aliphatic rings. The fraction of sp³-hybridized carbons (Fsp3) is 0.700. The minimum Gasteiger partial charge on any atom is -0.354 e. The zero-order valence-corrected chi connectivity index (χ0v) is 12.1. The van der Waals surface area contributed by atoms with E-state index in [9.17, 15) is 0 Å². The number of halogens is 1. The van der Waals surface area contributed by atoms with Gasteiger partial charge in [0.25, 0.3) is 0 Å². The molecule has 0 aliphatic heterocycles. The van der Waals surface area contributed by atoms with E-state index < -0.39 is 6.29 Å². The Hall–Kier alpha value is -0.470. The lowest BCUT2D eigenvalue weighted by atomic mass is 10.2. The van der Waals surface area contributed by atoms with E-state index in [1.165, 1.54) is 0 Å². The lowest BCUT2D eigenvalue weighted by Gasteiger charge is -2.26. The molecule has 6 nitrogen and oxygen atoms in total. The maximum atomic E-state index is 5.58. The minimum atomic E-state index is -0.481. The third-order valence-corrected chi connectivity index (χ3v) is 3.10. The molecule has 3 N–H and O–H groups in total. The molecule has 0 aromatic carbocycles. The molecule has 0 aliphatic carbocycles. The summed E-state index contributed by atoms with van der Waals surface area (Å²) in [4.78, 5) is 0. The van der Waals surface area contributed by atoms with Gasteiger partial charge >= 0.3 is 0 Å². The molecule has 98 valence electrons. The Bertz CT molecular complexity index is 352. The van der Waals surface area contributed by atoms with E-state index in [2.05, 4.69) is 26.5 Å². The highest BCUT2D eigenvalue weighted by Crippen LogP contribution is 2.28. The molecule has 0 spiro atoms. The van der Waals surface area contributed by atoms with E-state index in [1.54, 1.807) is 20.4 Å². The summed E-state index contributed by atoms with van der Waals surface area (Å²) in [7, 11) is 3.14. The van der Waals surface area contributed by atoms with Crippen LogP contribution >= 0.6 is 15.9 Å². The number of aromatic nitrogens is 2. The van der Waals surface area contributed by atoms with Gasteiger partial charge in [-0.15, -0.1) is 0 Å². The van der Waals surface area contributed by atoms with Crippen molar-refractivity contribution >= 4 is 15.9 Å². The van der Waals surface area contributed by atoms with Gasteiger partial charge in [-0.2, -0.15) is 5.10 Å². The third-order valence-electron chi connectivity index (χ3n) is 2.49. The Labute approximate surface area is 110 Å². The predicted octanol–water partition coefficient (Wildman–Crippen LogP) is 1.35. The second-order valence-corrected chi connectivity index (χ2v) is 4.75. The van der Waals surface area contributed by atoms with E-state index in [-0.39, 0.29) is 12.1 Å². The molecular weight excluding hydrogens is 288 g/mol. The summed E-state index contributed by atoms with van der Waals surface area (Å²) < 4.78 is 13.2. The normalized spacial score (nSPS) is 13.6. The summed E-state index contributed by atoms with van der Waals surface area (Å²) in [6.07, 6.45) is 1.26. The molecule has 17 heavy (non-hydrogen) atoms. The van der Waals surface area contributed by atoms with Crippen LogP contribution < -0.4 is 11.3 Å². The molecule has 0 fully saturated rings. The molecule has 1 rings (SSSR count). The van der Waals surface area contributed by atoms with E-state index in [1.807, 2.05) is 18.5 Å². The van der Waals surface area contributed by atoms with Crippen molar-refractivity contribution in [1.82, 2.24) is 15.2 Å². The van der Waals surface area contributed by atoms with E-state index in [0.717, 1.165) is 10.2 Å². The SMILES string of the molecule is COC(OC)C(NN)c1c(Br)cnn1C(C)C. The van der Waals surface area contributed by atoms with Crippen LogP contribution in [0.1, 0.15) is 31.6 Å². The smallest absolute Gasteiger partial charge is 0.179 e. The number of hydrazine groups is 1.